The molecule has 0 radical (unpaired) electrons. The van der Waals surface area contributed by atoms with Crippen molar-refractivity contribution in [2.24, 2.45) is 0 Å². The van der Waals surface area contributed by atoms with Crippen molar-refractivity contribution in [3.63, 3.8) is 0 Å². The molecule has 0 atom stereocenters. The second kappa shape index (κ2) is 2.65. The minimum absolute atomic E-state index is 0.316. The summed E-state index contributed by atoms with van der Waals surface area (Å²) >= 11 is 0. The van der Waals surface area contributed by atoms with E-state index < -0.39 is 0 Å². The van der Waals surface area contributed by atoms with Crippen molar-refractivity contribution in [1.82, 2.24) is 9.38 Å². The highest BCUT2D eigenvalue weighted by atomic mass is 16.5. The Labute approximate surface area is 68.4 Å². The van der Waals surface area contributed by atoms with Gasteiger partial charge < -0.3 is 9.14 Å². The first-order valence-corrected chi connectivity index (χ1v) is 3.44. The molecular formula is C8H6N2O2. The maximum atomic E-state index is 9.98. The molecule has 2 aromatic heterocycles. The molecule has 0 saturated heterocycles. The fraction of sp³-hybridized carbons (Fsp3) is 0. The van der Waals surface area contributed by atoms with Crippen molar-refractivity contribution in [2.75, 3.05) is 0 Å². The van der Waals surface area contributed by atoms with Crippen LogP contribution in [0.1, 0.15) is 0 Å². The van der Waals surface area contributed by atoms with E-state index in [1.165, 1.54) is 0 Å². The molecule has 0 aliphatic rings. The van der Waals surface area contributed by atoms with Gasteiger partial charge in [0.1, 0.15) is 5.65 Å². The Morgan fingerprint density at radius 1 is 1.50 bits per heavy atom. The zero-order chi connectivity index (χ0) is 8.39. The highest BCUT2D eigenvalue weighted by molar-refractivity contribution is 5.47. The van der Waals surface area contributed by atoms with Gasteiger partial charge in [-0.05, 0) is 12.1 Å². The lowest BCUT2D eigenvalue weighted by Crippen LogP contribution is -1.86. The van der Waals surface area contributed by atoms with Crippen molar-refractivity contribution in [1.29, 1.82) is 0 Å². The monoisotopic (exact) mass is 162 g/mol. The maximum Gasteiger partial charge on any atom is 0.299 e. The molecule has 0 bridgehead atoms. The number of rotatable bonds is 2. The maximum absolute atomic E-state index is 9.98. The van der Waals surface area contributed by atoms with Gasteiger partial charge in [0.15, 0.2) is 0 Å². The molecule has 0 N–H and O–H groups in total. The molecule has 0 aliphatic heterocycles. The van der Waals surface area contributed by atoms with Gasteiger partial charge in [-0.25, -0.2) is 0 Å². The molecule has 0 amide bonds. The van der Waals surface area contributed by atoms with Crippen molar-refractivity contribution in [2.45, 2.75) is 0 Å². The lowest BCUT2D eigenvalue weighted by Gasteiger charge is -1.86. The molecule has 4 heteroatoms. The highest BCUT2D eigenvalue weighted by Crippen LogP contribution is 2.09. The summed E-state index contributed by atoms with van der Waals surface area (Å²) in [6, 6.07) is 5.57. The van der Waals surface area contributed by atoms with Crippen LogP contribution in [0.3, 0.4) is 0 Å². The van der Waals surface area contributed by atoms with E-state index in [2.05, 4.69) is 9.72 Å². The summed E-state index contributed by atoms with van der Waals surface area (Å²) < 4.78 is 6.35. The van der Waals surface area contributed by atoms with E-state index in [-0.39, 0.29) is 0 Å². The van der Waals surface area contributed by atoms with Crippen LogP contribution in [0, 0.1) is 0 Å². The molecule has 12 heavy (non-hydrogen) atoms. The van der Waals surface area contributed by atoms with Gasteiger partial charge in [-0.2, -0.15) is 4.98 Å². The van der Waals surface area contributed by atoms with E-state index in [0.29, 0.717) is 12.4 Å². The minimum Gasteiger partial charge on any atom is -0.408 e. The first kappa shape index (κ1) is 6.84. The zero-order valence-electron chi connectivity index (χ0n) is 6.18. The molecule has 0 aliphatic carbocycles. The van der Waals surface area contributed by atoms with Gasteiger partial charge in [-0.15, -0.1) is 0 Å². The van der Waals surface area contributed by atoms with Crippen LogP contribution in [-0.2, 0) is 4.79 Å². The van der Waals surface area contributed by atoms with Gasteiger partial charge in [0, 0.05) is 6.20 Å². The first-order valence-electron chi connectivity index (χ1n) is 3.44. The Balaban J connectivity index is 2.54. The number of hydrogen-bond donors (Lipinski definition) is 0. The van der Waals surface area contributed by atoms with Crippen molar-refractivity contribution in [3.05, 3.63) is 30.6 Å². The smallest absolute Gasteiger partial charge is 0.299 e. The molecule has 4 nitrogen and oxygen atoms in total. The fourth-order valence-electron chi connectivity index (χ4n) is 1.02. The highest BCUT2D eigenvalue weighted by Gasteiger charge is 1.99. The first-order chi connectivity index (χ1) is 5.90. The van der Waals surface area contributed by atoms with Crippen LogP contribution in [0.25, 0.3) is 5.65 Å². The topological polar surface area (TPSA) is 43.6 Å². The third kappa shape index (κ3) is 1.03. The molecule has 0 spiro atoms. The quantitative estimate of drug-likeness (QED) is 0.615. The van der Waals surface area contributed by atoms with E-state index in [1.54, 1.807) is 10.6 Å². The van der Waals surface area contributed by atoms with E-state index in [9.17, 15) is 4.79 Å². The van der Waals surface area contributed by atoms with E-state index in [1.807, 2.05) is 24.4 Å². The predicted molar refractivity (Wildman–Crippen MR) is 41.9 cm³/mol. The Kier molecular flexibility index (Phi) is 1.51. The third-order valence-electron chi connectivity index (χ3n) is 1.51. The van der Waals surface area contributed by atoms with Crippen molar-refractivity contribution in [3.8, 4) is 5.88 Å². The van der Waals surface area contributed by atoms with Crippen molar-refractivity contribution < 1.29 is 9.53 Å². The third-order valence-corrected chi connectivity index (χ3v) is 1.51. The summed E-state index contributed by atoms with van der Waals surface area (Å²) in [6.07, 6.45) is 3.48. The number of fused-ring (bicyclic) bond motifs is 1. The van der Waals surface area contributed by atoms with Gasteiger partial charge in [0.25, 0.3) is 6.47 Å². The molecule has 60 valence electrons. The van der Waals surface area contributed by atoms with Gasteiger partial charge in [0.05, 0.1) is 6.20 Å². The largest absolute Gasteiger partial charge is 0.408 e. The normalized spacial score (nSPS) is 10.0. The molecule has 2 heterocycles. The molecule has 0 saturated carbocycles. The average molecular weight is 162 g/mol. The summed E-state index contributed by atoms with van der Waals surface area (Å²) in [6.45, 7) is 0.363. The van der Waals surface area contributed by atoms with E-state index in [0.717, 1.165) is 5.65 Å². The SMILES string of the molecule is O=COc1cn2ccccc2n1. The number of imidazole rings is 1. The van der Waals surface area contributed by atoms with Gasteiger partial charge >= 0.3 is 0 Å². The van der Waals surface area contributed by atoms with Crippen LogP contribution in [0.2, 0.25) is 0 Å². The van der Waals surface area contributed by atoms with Crippen LogP contribution in [-0.4, -0.2) is 15.9 Å². The van der Waals surface area contributed by atoms with Crippen LogP contribution in [0.5, 0.6) is 5.88 Å². The molecule has 2 aromatic rings. The van der Waals surface area contributed by atoms with Crippen LogP contribution >= 0.6 is 0 Å². The fourth-order valence-corrected chi connectivity index (χ4v) is 1.02. The number of hydrogen-bond acceptors (Lipinski definition) is 3. The molecule has 2 rings (SSSR count). The number of carbonyl (C=O) groups is 1. The van der Waals surface area contributed by atoms with Gasteiger partial charge in [-0.3, -0.25) is 4.79 Å². The molecule has 0 unspecified atom stereocenters. The van der Waals surface area contributed by atoms with E-state index >= 15 is 0 Å². The summed E-state index contributed by atoms with van der Waals surface area (Å²) in [5.41, 5.74) is 0.759. The number of aromatic nitrogens is 2. The lowest BCUT2D eigenvalue weighted by molar-refractivity contribution is -0.120. The Morgan fingerprint density at radius 3 is 3.17 bits per heavy atom. The van der Waals surface area contributed by atoms with Crippen LogP contribution in [0.4, 0.5) is 0 Å². The molecular weight excluding hydrogens is 156 g/mol. The number of ether oxygens (including phenoxy) is 1. The molecule has 0 aromatic carbocycles. The lowest BCUT2D eigenvalue weighted by atomic mass is 10.5. The van der Waals surface area contributed by atoms with Crippen molar-refractivity contribution >= 4 is 12.1 Å². The summed E-state index contributed by atoms with van der Waals surface area (Å²) in [4.78, 5) is 14.0. The number of carbonyl (C=O) groups excluding carboxylic acids is 1. The second-order valence-electron chi connectivity index (χ2n) is 2.26. The van der Waals surface area contributed by atoms with Gasteiger partial charge in [0.2, 0.25) is 5.88 Å². The minimum atomic E-state index is 0.316. The number of pyridine rings is 1. The predicted octanol–water partition coefficient (Wildman–Crippen LogP) is 0.869. The second-order valence-corrected chi connectivity index (χ2v) is 2.26. The van der Waals surface area contributed by atoms with Crippen LogP contribution in [0.15, 0.2) is 30.6 Å². The average Bonchev–Trinajstić information content (AvgIpc) is 2.47. The standard InChI is InChI=1S/C8H6N2O2/c11-6-12-8-5-10-4-2-1-3-7(10)9-8/h1-6H. The van der Waals surface area contributed by atoms with Crippen LogP contribution < -0.4 is 4.74 Å². The van der Waals surface area contributed by atoms with Gasteiger partial charge in [-0.1, -0.05) is 6.07 Å². The number of nitrogens with zero attached hydrogens (tertiary/aromatic N) is 2. The van der Waals surface area contributed by atoms with E-state index in [4.69, 9.17) is 0 Å². The Bertz CT molecular complexity index is 375. The Hall–Kier alpha value is -1.84. The Morgan fingerprint density at radius 2 is 2.42 bits per heavy atom. The zero-order valence-corrected chi connectivity index (χ0v) is 6.18. The molecule has 0 fully saturated rings. The summed E-state index contributed by atoms with van der Waals surface area (Å²) in [5, 5.41) is 0. The summed E-state index contributed by atoms with van der Waals surface area (Å²) in [7, 11) is 0. The summed E-state index contributed by atoms with van der Waals surface area (Å²) in [5.74, 6) is 0.316.